The average molecular weight is 411 g/mol. The number of nitrogens with two attached hydrogens (primary N) is 1. The Morgan fingerprint density at radius 3 is 2.36 bits per heavy atom. The van der Waals surface area contributed by atoms with Gasteiger partial charge in [0, 0.05) is 18.0 Å². The normalized spacial score (nSPS) is 18.8. The molecule has 0 unspecified atom stereocenters. The number of rotatable bonds is 10. The lowest BCUT2D eigenvalue weighted by molar-refractivity contribution is -0.141. The minimum absolute atomic E-state index is 0. The lowest BCUT2D eigenvalue weighted by Gasteiger charge is -2.29. The number of carbonyl (C=O) groups is 2. The summed E-state index contributed by atoms with van der Waals surface area (Å²) in [5.41, 5.74) is 7.52. The van der Waals surface area contributed by atoms with E-state index in [1.165, 1.54) is 12.7 Å². The highest BCUT2D eigenvalue weighted by molar-refractivity contribution is 5.94. The second-order valence-electron chi connectivity index (χ2n) is 7.60. The van der Waals surface area contributed by atoms with Crippen molar-refractivity contribution in [2.24, 2.45) is 11.7 Å². The van der Waals surface area contributed by atoms with E-state index < -0.39 is 0 Å². The molecular weight excluding hydrogens is 376 g/mol. The van der Waals surface area contributed by atoms with Gasteiger partial charge < -0.3 is 15.8 Å². The molecule has 0 aliphatic heterocycles. The number of benzene rings is 1. The molecule has 1 aromatic rings. The first-order chi connectivity index (χ1) is 13.1. The third-order valence-electron chi connectivity index (χ3n) is 5.55. The van der Waals surface area contributed by atoms with Crippen molar-refractivity contribution in [2.75, 3.05) is 13.7 Å². The van der Waals surface area contributed by atoms with E-state index in [0.717, 1.165) is 69.9 Å². The molecule has 5 nitrogen and oxygen atoms in total. The molecule has 6 heteroatoms. The minimum atomic E-state index is -0.131. The van der Waals surface area contributed by atoms with Crippen LogP contribution in [0.1, 0.15) is 73.7 Å². The van der Waals surface area contributed by atoms with E-state index in [1.54, 1.807) is 0 Å². The highest BCUT2D eigenvalue weighted by Gasteiger charge is 2.23. The number of ether oxygens (including phenoxy) is 1. The van der Waals surface area contributed by atoms with E-state index in [2.05, 4.69) is 17.4 Å². The number of amides is 1. The maximum atomic E-state index is 12.5. The summed E-state index contributed by atoms with van der Waals surface area (Å²) < 4.78 is 4.70. The number of esters is 1. The molecule has 1 aliphatic carbocycles. The predicted molar refractivity (Wildman–Crippen MR) is 115 cm³/mol. The Morgan fingerprint density at radius 2 is 1.75 bits per heavy atom. The number of hydrogen-bond donors (Lipinski definition) is 2. The van der Waals surface area contributed by atoms with Crippen LogP contribution in [0.4, 0.5) is 0 Å². The third kappa shape index (κ3) is 8.61. The minimum Gasteiger partial charge on any atom is -0.469 e. The van der Waals surface area contributed by atoms with Crippen LogP contribution in [0.5, 0.6) is 0 Å². The first kappa shape index (κ1) is 24.4. The van der Waals surface area contributed by atoms with Crippen molar-refractivity contribution in [3.8, 4) is 0 Å². The second-order valence-corrected chi connectivity index (χ2v) is 7.60. The second kappa shape index (κ2) is 13.6. The van der Waals surface area contributed by atoms with Gasteiger partial charge in [-0.05, 0) is 81.5 Å². The largest absolute Gasteiger partial charge is 0.469 e. The molecule has 1 saturated carbocycles. The van der Waals surface area contributed by atoms with Crippen LogP contribution < -0.4 is 11.1 Å². The van der Waals surface area contributed by atoms with Crippen molar-refractivity contribution in [3.05, 3.63) is 35.4 Å². The van der Waals surface area contributed by atoms with Crippen molar-refractivity contribution >= 4 is 24.3 Å². The summed E-state index contributed by atoms with van der Waals surface area (Å²) in [5, 5.41) is 3.17. The molecule has 28 heavy (non-hydrogen) atoms. The van der Waals surface area contributed by atoms with Crippen LogP contribution in [0.25, 0.3) is 0 Å². The number of unbranched alkanes of at least 4 members (excludes halogenated alkanes) is 2. The first-order valence-electron chi connectivity index (χ1n) is 10.3. The number of nitrogens with one attached hydrogen (secondary N) is 1. The molecule has 0 heterocycles. The summed E-state index contributed by atoms with van der Waals surface area (Å²) in [6.45, 7) is 0.756. The van der Waals surface area contributed by atoms with Crippen LogP contribution in [-0.2, 0) is 16.0 Å². The Labute approximate surface area is 175 Å². The number of methoxy groups -OCH3 is 1. The fourth-order valence-corrected chi connectivity index (χ4v) is 3.76. The van der Waals surface area contributed by atoms with Crippen LogP contribution >= 0.6 is 12.4 Å². The average Bonchev–Trinajstić information content (AvgIpc) is 2.71. The molecule has 0 aromatic heterocycles. The molecule has 3 N–H and O–H groups in total. The topological polar surface area (TPSA) is 81.4 Å². The van der Waals surface area contributed by atoms with Gasteiger partial charge >= 0.3 is 5.97 Å². The van der Waals surface area contributed by atoms with Crippen LogP contribution in [0.3, 0.4) is 0 Å². The molecule has 0 atom stereocenters. The molecule has 0 bridgehead atoms. The van der Waals surface area contributed by atoms with Gasteiger partial charge in [-0.2, -0.15) is 0 Å². The van der Waals surface area contributed by atoms with Gasteiger partial charge in [-0.1, -0.05) is 18.6 Å². The molecule has 2 rings (SSSR count). The van der Waals surface area contributed by atoms with E-state index in [9.17, 15) is 9.59 Å². The standard InChI is InChI=1S/C22H34N2O3.ClH/c1-27-21(25)15-10-18-8-13-20(14-9-18)24-22(26)19-11-6-17(7-12-19)5-3-2-4-16-23;/h6-7,11-12,18,20H,2-5,8-10,13-16,23H2,1H3,(H,24,26);1H/t18-,20-;. The van der Waals surface area contributed by atoms with E-state index >= 15 is 0 Å². The molecule has 1 fully saturated rings. The Morgan fingerprint density at radius 1 is 1.07 bits per heavy atom. The lowest BCUT2D eigenvalue weighted by atomic mass is 9.83. The lowest BCUT2D eigenvalue weighted by Crippen LogP contribution is -2.37. The first-order valence-corrected chi connectivity index (χ1v) is 10.3. The number of halogens is 1. The fraction of sp³-hybridized carbons (Fsp3) is 0.636. The monoisotopic (exact) mass is 410 g/mol. The van der Waals surface area contributed by atoms with Crippen LogP contribution in [0, 0.1) is 5.92 Å². The van der Waals surface area contributed by atoms with Crippen molar-refractivity contribution in [1.29, 1.82) is 0 Å². The van der Waals surface area contributed by atoms with E-state index in [-0.39, 0.29) is 30.3 Å². The Balaban J connectivity index is 0.00000392. The summed E-state index contributed by atoms with van der Waals surface area (Å²) in [6.07, 6.45) is 9.88. The SMILES string of the molecule is COC(=O)CC[C@H]1CC[C@H](NC(=O)c2ccc(CCCCCN)cc2)CC1.Cl. The molecule has 0 radical (unpaired) electrons. The van der Waals surface area contributed by atoms with E-state index in [1.807, 2.05) is 12.1 Å². The van der Waals surface area contributed by atoms with Gasteiger partial charge in [-0.3, -0.25) is 9.59 Å². The van der Waals surface area contributed by atoms with Crippen LogP contribution in [0.2, 0.25) is 0 Å². The van der Waals surface area contributed by atoms with Crippen molar-refractivity contribution in [1.82, 2.24) is 5.32 Å². The fourth-order valence-electron chi connectivity index (χ4n) is 3.76. The maximum absolute atomic E-state index is 12.5. The quantitative estimate of drug-likeness (QED) is 0.450. The van der Waals surface area contributed by atoms with Crippen LogP contribution in [0.15, 0.2) is 24.3 Å². The predicted octanol–water partition coefficient (Wildman–Crippen LogP) is 4.02. The van der Waals surface area contributed by atoms with E-state index in [0.29, 0.717) is 12.3 Å². The molecule has 1 aliphatic rings. The molecular formula is C22H35ClN2O3. The zero-order valence-electron chi connectivity index (χ0n) is 17.0. The van der Waals surface area contributed by atoms with Gasteiger partial charge in [0.05, 0.1) is 7.11 Å². The summed E-state index contributed by atoms with van der Waals surface area (Å²) in [6, 6.07) is 8.20. The van der Waals surface area contributed by atoms with Gasteiger partial charge in [0.15, 0.2) is 0 Å². The van der Waals surface area contributed by atoms with Gasteiger partial charge in [0.1, 0.15) is 0 Å². The molecule has 158 valence electrons. The Bertz CT molecular complexity index is 584. The van der Waals surface area contributed by atoms with Crippen molar-refractivity contribution in [3.63, 3.8) is 0 Å². The Hall–Kier alpha value is -1.59. The maximum Gasteiger partial charge on any atom is 0.305 e. The van der Waals surface area contributed by atoms with Crippen LogP contribution in [-0.4, -0.2) is 31.6 Å². The van der Waals surface area contributed by atoms with Crippen molar-refractivity contribution < 1.29 is 14.3 Å². The summed E-state index contributed by atoms with van der Waals surface area (Å²) in [5.74, 6) is 0.451. The summed E-state index contributed by atoms with van der Waals surface area (Å²) in [7, 11) is 1.43. The summed E-state index contributed by atoms with van der Waals surface area (Å²) in [4.78, 5) is 23.7. The van der Waals surface area contributed by atoms with Gasteiger partial charge in [0.2, 0.25) is 0 Å². The zero-order valence-corrected chi connectivity index (χ0v) is 17.8. The van der Waals surface area contributed by atoms with Gasteiger partial charge in [-0.15, -0.1) is 12.4 Å². The highest BCUT2D eigenvalue weighted by Crippen LogP contribution is 2.28. The molecule has 1 amide bonds. The van der Waals surface area contributed by atoms with Gasteiger partial charge in [0.25, 0.3) is 5.91 Å². The van der Waals surface area contributed by atoms with E-state index in [4.69, 9.17) is 10.5 Å². The number of hydrogen-bond acceptors (Lipinski definition) is 4. The van der Waals surface area contributed by atoms with Gasteiger partial charge in [-0.25, -0.2) is 0 Å². The Kier molecular flexibility index (Phi) is 11.8. The number of aryl methyl sites for hydroxylation is 1. The van der Waals surface area contributed by atoms with Crippen molar-refractivity contribution in [2.45, 2.75) is 70.3 Å². The zero-order chi connectivity index (χ0) is 19.5. The smallest absolute Gasteiger partial charge is 0.305 e. The molecule has 0 saturated heterocycles. The summed E-state index contributed by atoms with van der Waals surface area (Å²) >= 11 is 0. The third-order valence-corrected chi connectivity index (χ3v) is 5.55. The molecule has 1 aromatic carbocycles. The highest BCUT2D eigenvalue weighted by atomic mass is 35.5. The number of carbonyl (C=O) groups excluding carboxylic acids is 2. The molecule has 0 spiro atoms.